The maximum atomic E-state index is 12.0. The third-order valence-electron chi connectivity index (χ3n) is 4.28. The molecule has 1 aliphatic rings. The van der Waals surface area contributed by atoms with Crippen LogP contribution < -0.4 is 0 Å². The van der Waals surface area contributed by atoms with Crippen molar-refractivity contribution in [2.24, 2.45) is 10.6 Å². The average Bonchev–Trinajstić information content (AvgIpc) is 2.85. The smallest absolute Gasteiger partial charge is 0.162 e. The Labute approximate surface area is 137 Å². The van der Waals surface area contributed by atoms with Crippen molar-refractivity contribution < 1.29 is 9.63 Å². The maximum absolute atomic E-state index is 12.0. The minimum Gasteiger partial charge on any atom is -0.395 e. The quantitative estimate of drug-likeness (QED) is 0.568. The molecule has 0 atom stereocenters. The van der Waals surface area contributed by atoms with Gasteiger partial charge in [0.1, 0.15) is 6.61 Å². The third-order valence-corrected chi connectivity index (χ3v) is 4.55. The first-order valence-electron chi connectivity index (χ1n) is 7.69. The van der Waals surface area contributed by atoms with Gasteiger partial charge >= 0.3 is 0 Å². The highest BCUT2D eigenvalue weighted by atomic mass is 35.5. The Kier molecular flexibility index (Phi) is 4.96. The number of nitrogens with zero attached hydrogens (tertiary/aromatic N) is 1. The van der Waals surface area contributed by atoms with Crippen molar-refractivity contribution in [3.8, 4) is 0 Å². The van der Waals surface area contributed by atoms with Crippen LogP contribution in [0, 0.1) is 5.41 Å². The number of hydrogen-bond acceptors (Lipinski definition) is 3. The van der Waals surface area contributed by atoms with E-state index in [1.807, 2.05) is 24.3 Å². The second kappa shape index (κ2) is 6.41. The summed E-state index contributed by atoms with van der Waals surface area (Å²) in [4.78, 5) is 17.3. The van der Waals surface area contributed by atoms with E-state index in [0.717, 1.165) is 23.3 Å². The Morgan fingerprint density at radius 2 is 1.95 bits per heavy atom. The molecule has 0 unspecified atom stereocenters. The number of Topliss-reactive ketones (excluding diaryl/α,β-unsaturated/α-hetero) is 1. The molecule has 0 N–H and O–H groups in total. The molecule has 1 heterocycles. The summed E-state index contributed by atoms with van der Waals surface area (Å²) in [5.74, 6) is 0.665. The van der Waals surface area contributed by atoms with Crippen LogP contribution in [0.4, 0.5) is 0 Å². The molecule has 0 radical (unpaired) electrons. The number of carbonyl (C=O) groups is 1. The van der Waals surface area contributed by atoms with Crippen molar-refractivity contribution in [1.29, 1.82) is 0 Å². The summed E-state index contributed by atoms with van der Waals surface area (Å²) in [7, 11) is 0. The number of rotatable bonds is 6. The molecule has 4 heteroatoms. The molecule has 120 valence electrons. The molecule has 0 spiro atoms. The summed E-state index contributed by atoms with van der Waals surface area (Å²) in [5, 5.41) is 4.27. The van der Waals surface area contributed by atoms with Gasteiger partial charge in [-0.05, 0) is 12.0 Å². The van der Waals surface area contributed by atoms with Crippen molar-refractivity contribution in [2.75, 3.05) is 12.5 Å². The monoisotopic (exact) mass is 321 g/mol. The number of halogens is 1. The van der Waals surface area contributed by atoms with Crippen LogP contribution >= 0.6 is 11.6 Å². The van der Waals surface area contributed by atoms with Gasteiger partial charge in [-0.25, -0.2) is 0 Å². The predicted molar refractivity (Wildman–Crippen MR) is 90.9 cm³/mol. The lowest BCUT2D eigenvalue weighted by atomic mass is 9.70. The average molecular weight is 322 g/mol. The summed E-state index contributed by atoms with van der Waals surface area (Å²) >= 11 is 5.64. The lowest BCUT2D eigenvalue weighted by Crippen LogP contribution is -2.39. The number of carbonyl (C=O) groups excluding carboxylic acids is 1. The molecular formula is C18H24ClNO2. The molecule has 1 aliphatic heterocycles. The van der Waals surface area contributed by atoms with E-state index in [1.54, 1.807) is 0 Å². The first-order chi connectivity index (χ1) is 10.3. The van der Waals surface area contributed by atoms with Gasteiger partial charge in [-0.1, -0.05) is 57.1 Å². The van der Waals surface area contributed by atoms with E-state index < -0.39 is 0 Å². The lowest BCUT2D eigenvalue weighted by molar-refractivity contribution is 0.0982. The fourth-order valence-corrected chi connectivity index (χ4v) is 3.13. The Hall–Kier alpha value is -1.35. The van der Waals surface area contributed by atoms with Gasteiger partial charge in [0.15, 0.2) is 5.78 Å². The van der Waals surface area contributed by atoms with Crippen LogP contribution in [-0.2, 0) is 10.3 Å². The normalized spacial score (nSPS) is 17.0. The number of ketones is 1. The molecule has 0 saturated carbocycles. The SMILES string of the molecule is CC1(C)CON=C1C(C)(C)c1ccc(C(=O)CCCCl)cc1. The van der Waals surface area contributed by atoms with E-state index in [1.165, 1.54) is 0 Å². The highest BCUT2D eigenvalue weighted by Gasteiger charge is 2.42. The van der Waals surface area contributed by atoms with Crippen LogP contribution in [0.25, 0.3) is 0 Å². The molecule has 1 aromatic carbocycles. The Morgan fingerprint density at radius 1 is 1.32 bits per heavy atom. The van der Waals surface area contributed by atoms with Gasteiger partial charge in [0.05, 0.1) is 5.71 Å². The van der Waals surface area contributed by atoms with E-state index in [2.05, 4.69) is 32.9 Å². The molecule has 3 nitrogen and oxygen atoms in total. The number of oxime groups is 1. The van der Waals surface area contributed by atoms with Crippen LogP contribution in [0.1, 0.15) is 56.5 Å². The first kappa shape index (κ1) is 17.0. The van der Waals surface area contributed by atoms with Gasteiger partial charge in [-0.15, -0.1) is 11.6 Å². The molecular weight excluding hydrogens is 298 g/mol. The second-order valence-corrected chi connectivity index (χ2v) is 7.39. The topological polar surface area (TPSA) is 38.7 Å². The van der Waals surface area contributed by atoms with Gasteiger partial charge < -0.3 is 4.84 Å². The van der Waals surface area contributed by atoms with Crippen LogP contribution in [-0.4, -0.2) is 24.0 Å². The highest BCUT2D eigenvalue weighted by molar-refractivity contribution is 6.18. The largest absolute Gasteiger partial charge is 0.395 e. The van der Waals surface area contributed by atoms with Crippen molar-refractivity contribution in [3.05, 3.63) is 35.4 Å². The molecule has 0 aliphatic carbocycles. The van der Waals surface area contributed by atoms with E-state index >= 15 is 0 Å². The number of alkyl halides is 1. The van der Waals surface area contributed by atoms with Gasteiger partial charge in [0.2, 0.25) is 0 Å². The van der Waals surface area contributed by atoms with Crippen molar-refractivity contribution in [2.45, 2.75) is 46.0 Å². The van der Waals surface area contributed by atoms with Crippen molar-refractivity contribution in [1.82, 2.24) is 0 Å². The number of hydrogen-bond donors (Lipinski definition) is 0. The fraction of sp³-hybridized carbons (Fsp3) is 0.556. The van der Waals surface area contributed by atoms with Gasteiger partial charge in [0.25, 0.3) is 0 Å². The summed E-state index contributed by atoms with van der Waals surface area (Å²) < 4.78 is 0. The predicted octanol–water partition coefficient (Wildman–Crippen LogP) is 4.58. The van der Waals surface area contributed by atoms with Crippen LogP contribution in [0.2, 0.25) is 0 Å². The molecule has 1 aromatic rings. The molecule has 0 bridgehead atoms. The molecule has 0 fully saturated rings. The zero-order chi connectivity index (χ0) is 16.4. The Balaban J connectivity index is 2.21. The summed E-state index contributed by atoms with van der Waals surface area (Å²) in [5.41, 5.74) is 2.63. The molecule has 0 saturated heterocycles. The fourth-order valence-electron chi connectivity index (χ4n) is 2.99. The Morgan fingerprint density at radius 3 is 2.45 bits per heavy atom. The molecule has 0 aromatic heterocycles. The first-order valence-corrected chi connectivity index (χ1v) is 8.23. The lowest BCUT2D eigenvalue weighted by Gasteiger charge is -2.31. The Bertz CT molecular complexity index is 573. The minimum atomic E-state index is -0.224. The van der Waals surface area contributed by atoms with E-state index in [-0.39, 0.29) is 16.6 Å². The van der Waals surface area contributed by atoms with Gasteiger partial charge in [0, 0.05) is 28.7 Å². The van der Waals surface area contributed by atoms with Crippen LogP contribution in [0.3, 0.4) is 0 Å². The summed E-state index contributed by atoms with van der Waals surface area (Å²) in [6.45, 7) is 9.19. The molecule has 22 heavy (non-hydrogen) atoms. The summed E-state index contributed by atoms with van der Waals surface area (Å²) in [6, 6.07) is 7.84. The van der Waals surface area contributed by atoms with Gasteiger partial charge in [-0.3, -0.25) is 4.79 Å². The number of benzene rings is 1. The summed E-state index contributed by atoms with van der Waals surface area (Å²) in [6.07, 6.45) is 1.22. The van der Waals surface area contributed by atoms with E-state index in [9.17, 15) is 4.79 Å². The van der Waals surface area contributed by atoms with Crippen molar-refractivity contribution in [3.63, 3.8) is 0 Å². The molecule has 0 amide bonds. The second-order valence-electron chi connectivity index (χ2n) is 7.02. The minimum absolute atomic E-state index is 0.0711. The van der Waals surface area contributed by atoms with Crippen LogP contribution in [0.15, 0.2) is 29.4 Å². The van der Waals surface area contributed by atoms with E-state index in [0.29, 0.717) is 18.9 Å². The van der Waals surface area contributed by atoms with E-state index in [4.69, 9.17) is 16.4 Å². The third kappa shape index (κ3) is 3.35. The van der Waals surface area contributed by atoms with Crippen LogP contribution in [0.5, 0.6) is 0 Å². The highest BCUT2D eigenvalue weighted by Crippen LogP contribution is 2.37. The van der Waals surface area contributed by atoms with Gasteiger partial charge in [-0.2, -0.15) is 0 Å². The zero-order valence-corrected chi connectivity index (χ0v) is 14.5. The van der Waals surface area contributed by atoms with Crippen molar-refractivity contribution >= 4 is 23.1 Å². The molecule has 2 rings (SSSR count). The standard InChI is InChI=1S/C18H24ClNO2/c1-17(2)12-22-20-16(17)18(3,4)14-9-7-13(8-10-14)15(21)6-5-11-19/h7-10H,5-6,11-12H2,1-4H3. The zero-order valence-electron chi connectivity index (χ0n) is 13.8. The maximum Gasteiger partial charge on any atom is 0.162 e.